The number of benzene rings is 2. The highest BCUT2D eigenvalue weighted by molar-refractivity contribution is 5.71. The van der Waals surface area contributed by atoms with Crippen LogP contribution in [0.25, 0.3) is 6.08 Å². The van der Waals surface area contributed by atoms with E-state index in [-0.39, 0.29) is 12.7 Å². The monoisotopic (exact) mass is 507 g/mol. The molecule has 0 spiro atoms. The average Bonchev–Trinajstić information content (AvgIpc) is 2.92. The number of anilines is 4. The Morgan fingerprint density at radius 3 is 2.53 bits per heavy atom. The van der Waals surface area contributed by atoms with Gasteiger partial charge < -0.3 is 10.1 Å². The first-order valence-corrected chi connectivity index (χ1v) is 12.7. The van der Waals surface area contributed by atoms with E-state index >= 15 is 0 Å². The van der Waals surface area contributed by atoms with Gasteiger partial charge in [0, 0.05) is 35.6 Å². The first-order valence-electron chi connectivity index (χ1n) is 12.7. The molecule has 0 amide bonds. The summed E-state index contributed by atoms with van der Waals surface area (Å²) in [6, 6.07) is 15.2. The number of allylic oxidation sites excluding steroid dienone is 1. The average molecular weight is 508 g/mol. The van der Waals surface area contributed by atoms with Gasteiger partial charge >= 0.3 is 5.97 Å². The number of hydrogen-bond donors (Lipinski definition) is 1. The maximum absolute atomic E-state index is 12.4. The summed E-state index contributed by atoms with van der Waals surface area (Å²) in [6.07, 6.45) is 14.8. The molecule has 0 aliphatic rings. The van der Waals surface area contributed by atoms with Crippen LogP contribution in [0.1, 0.15) is 61.3 Å². The first-order chi connectivity index (χ1) is 18.4. The number of esters is 1. The SMILES string of the molecule is C#Cc1ccc(N(COC(=O)CCCCCC)c2nccc(Nc3c(C)cc(/C=C/C#N)cc3C)n2)cc1. The summed E-state index contributed by atoms with van der Waals surface area (Å²) in [4.78, 5) is 23.3. The van der Waals surface area contributed by atoms with Gasteiger partial charge in [-0.3, -0.25) is 9.69 Å². The number of hydrogen-bond acceptors (Lipinski definition) is 7. The standard InChI is InChI=1S/C31H33N5O2/c1-5-7-8-9-12-29(37)38-22-36(27-15-13-25(6-2)14-16-27)31-33-19-17-28(35-31)34-30-23(3)20-26(11-10-18-32)21-24(30)4/h2,10-11,13-17,19-21H,5,7-9,12,22H2,1,3-4H3,(H,33,34,35)/b11-10+. The molecular weight excluding hydrogens is 474 g/mol. The molecule has 3 rings (SSSR count). The normalized spacial score (nSPS) is 10.6. The number of carbonyl (C=O) groups is 1. The molecule has 1 heterocycles. The third-order valence-electron chi connectivity index (χ3n) is 5.98. The lowest BCUT2D eigenvalue weighted by Gasteiger charge is -2.23. The molecule has 0 aliphatic carbocycles. The van der Waals surface area contributed by atoms with Crippen LogP contribution in [0.5, 0.6) is 0 Å². The van der Waals surface area contributed by atoms with E-state index in [2.05, 4.69) is 23.1 Å². The Morgan fingerprint density at radius 1 is 1.13 bits per heavy atom. The lowest BCUT2D eigenvalue weighted by Crippen LogP contribution is -2.25. The zero-order valence-corrected chi connectivity index (χ0v) is 22.2. The zero-order valence-electron chi connectivity index (χ0n) is 22.2. The van der Waals surface area contributed by atoms with E-state index in [1.807, 2.05) is 56.3 Å². The van der Waals surface area contributed by atoms with Crippen LogP contribution in [0, 0.1) is 37.5 Å². The van der Waals surface area contributed by atoms with Gasteiger partial charge in [-0.05, 0) is 85.5 Å². The molecule has 0 atom stereocenters. The van der Waals surface area contributed by atoms with E-state index in [1.54, 1.807) is 23.2 Å². The van der Waals surface area contributed by atoms with Crippen molar-refractivity contribution < 1.29 is 9.53 Å². The third-order valence-corrected chi connectivity index (χ3v) is 5.98. The Bertz CT molecular complexity index is 1330. The fraction of sp³-hybridized carbons (Fsp3) is 0.290. The van der Waals surface area contributed by atoms with Crippen molar-refractivity contribution in [2.75, 3.05) is 16.9 Å². The van der Waals surface area contributed by atoms with Crippen LogP contribution in [0.4, 0.5) is 23.1 Å². The number of nitriles is 1. The summed E-state index contributed by atoms with van der Waals surface area (Å²) in [6.45, 7) is 6.11. The summed E-state index contributed by atoms with van der Waals surface area (Å²) in [7, 11) is 0. The van der Waals surface area contributed by atoms with Crippen molar-refractivity contribution in [1.29, 1.82) is 5.26 Å². The highest BCUT2D eigenvalue weighted by atomic mass is 16.5. The third kappa shape index (κ3) is 7.94. The number of carbonyl (C=O) groups excluding carboxylic acids is 1. The number of terminal acetylenes is 1. The Morgan fingerprint density at radius 2 is 1.87 bits per heavy atom. The van der Waals surface area contributed by atoms with E-state index in [1.165, 1.54) is 6.08 Å². The fourth-order valence-corrected chi connectivity index (χ4v) is 3.99. The number of unbranched alkanes of at least 4 members (excludes halogenated alkanes) is 3. The first kappa shape index (κ1) is 28.0. The predicted molar refractivity (Wildman–Crippen MR) is 152 cm³/mol. The van der Waals surface area contributed by atoms with Gasteiger partial charge in [-0.25, -0.2) is 4.98 Å². The van der Waals surface area contributed by atoms with Crippen molar-refractivity contribution >= 4 is 35.2 Å². The number of nitrogens with one attached hydrogen (secondary N) is 1. The molecule has 0 saturated heterocycles. The molecule has 0 fully saturated rings. The van der Waals surface area contributed by atoms with Gasteiger partial charge in [-0.15, -0.1) is 6.42 Å². The Hall–Kier alpha value is -4.62. The van der Waals surface area contributed by atoms with Crippen LogP contribution >= 0.6 is 0 Å². The van der Waals surface area contributed by atoms with E-state index in [4.69, 9.17) is 21.4 Å². The molecule has 1 N–H and O–H groups in total. The van der Waals surface area contributed by atoms with Crippen LogP contribution in [-0.2, 0) is 9.53 Å². The second-order valence-electron chi connectivity index (χ2n) is 8.93. The smallest absolute Gasteiger partial charge is 0.307 e. The molecular formula is C31H33N5O2. The van der Waals surface area contributed by atoms with Crippen LogP contribution in [0.3, 0.4) is 0 Å². The molecule has 38 heavy (non-hydrogen) atoms. The topological polar surface area (TPSA) is 91.1 Å². The zero-order chi connectivity index (χ0) is 27.3. The lowest BCUT2D eigenvalue weighted by atomic mass is 10.0. The Balaban J connectivity index is 1.84. The second kappa shape index (κ2) is 14.2. The van der Waals surface area contributed by atoms with Crippen LogP contribution in [-0.4, -0.2) is 22.7 Å². The largest absolute Gasteiger partial charge is 0.444 e. The molecule has 0 bridgehead atoms. The molecule has 2 aromatic carbocycles. The lowest BCUT2D eigenvalue weighted by molar-refractivity contribution is -0.143. The van der Waals surface area contributed by atoms with Crippen LogP contribution < -0.4 is 10.2 Å². The molecule has 1 aromatic heterocycles. The molecule has 0 aliphatic heterocycles. The number of aryl methyl sites for hydroxylation is 2. The molecule has 0 saturated carbocycles. The van der Waals surface area contributed by atoms with Crippen molar-refractivity contribution in [3.8, 4) is 18.4 Å². The summed E-state index contributed by atoms with van der Waals surface area (Å²) in [5.74, 6) is 3.34. The van der Waals surface area contributed by atoms with Crippen molar-refractivity contribution in [2.45, 2.75) is 52.9 Å². The maximum atomic E-state index is 12.4. The summed E-state index contributed by atoms with van der Waals surface area (Å²) in [5.41, 5.74) is 5.40. The summed E-state index contributed by atoms with van der Waals surface area (Å²) in [5, 5.41) is 12.2. The molecule has 194 valence electrons. The Labute approximate surface area is 225 Å². The van der Waals surface area contributed by atoms with Crippen molar-refractivity contribution in [2.24, 2.45) is 0 Å². The van der Waals surface area contributed by atoms with Crippen LogP contribution in [0.15, 0.2) is 54.7 Å². The van der Waals surface area contributed by atoms with Gasteiger partial charge in [0.05, 0.1) is 6.07 Å². The predicted octanol–water partition coefficient (Wildman–Crippen LogP) is 6.96. The molecule has 7 nitrogen and oxygen atoms in total. The quantitative estimate of drug-likeness (QED) is 0.0931. The molecule has 0 unspecified atom stereocenters. The van der Waals surface area contributed by atoms with Gasteiger partial charge in [0.25, 0.3) is 0 Å². The molecule has 0 radical (unpaired) electrons. The highest BCUT2D eigenvalue weighted by Gasteiger charge is 2.16. The minimum atomic E-state index is -0.252. The highest BCUT2D eigenvalue weighted by Crippen LogP contribution is 2.28. The number of ether oxygens (including phenoxy) is 1. The van der Waals surface area contributed by atoms with Crippen molar-refractivity contribution in [1.82, 2.24) is 9.97 Å². The number of rotatable bonds is 12. The van der Waals surface area contributed by atoms with Crippen molar-refractivity contribution in [3.05, 3.63) is 77.0 Å². The van der Waals surface area contributed by atoms with E-state index < -0.39 is 0 Å². The van der Waals surface area contributed by atoms with Crippen LogP contribution in [0.2, 0.25) is 0 Å². The fourth-order valence-electron chi connectivity index (χ4n) is 3.99. The van der Waals surface area contributed by atoms with Gasteiger partial charge in [0.1, 0.15) is 5.82 Å². The van der Waals surface area contributed by atoms with Gasteiger partial charge in [0.15, 0.2) is 6.73 Å². The molecule has 7 heteroatoms. The number of nitrogens with zero attached hydrogens (tertiary/aromatic N) is 4. The van der Waals surface area contributed by atoms with Gasteiger partial charge in [-0.2, -0.15) is 10.2 Å². The van der Waals surface area contributed by atoms with E-state index in [9.17, 15) is 4.79 Å². The minimum Gasteiger partial charge on any atom is -0.444 e. The van der Waals surface area contributed by atoms with E-state index in [0.29, 0.717) is 18.2 Å². The van der Waals surface area contributed by atoms with Gasteiger partial charge in [0.2, 0.25) is 5.95 Å². The molecule has 3 aromatic rings. The number of aromatic nitrogens is 2. The summed E-state index contributed by atoms with van der Waals surface area (Å²) >= 11 is 0. The van der Waals surface area contributed by atoms with Crippen molar-refractivity contribution in [3.63, 3.8) is 0 Å². The second-order valence-corrected chi connectivity index (χ2v) is 8.93. The Kier molecular flexibility index (Phi) is 10.5. The maximum Gasteiger partial charge on any atom is 0.307 e. The van der Waals surface area contributed by atoms with Gasteiger partial charge in [-0.1, -0.05) is 32.1 Å². The van der Waals surface area contributed by atoms with E-state index in [0.717, 1.165) is 59.3 Å². The summed E-state index contributed by atoms with van der Waals surface area (Å²) < 4.78 is 5.61. The minimum absolute atomic E-state index is 0.0244.